The van der Waals surface area contributed by atoms with E-state index in [1.807, 2.05) is 0 Å². The Morgan fingerprint density at radius 3 is 2.56 bits per heavy atom. The summed E-state index contributed by atoms with van der Waals surface area (Å²) in [5, 5.41) is 18.5. The molecule has 0 heterocycles. The van der Waals surface area contributed by atoms with Gasteiger partial charge in [-0.15, -0.1) is 0 Å². The van der Waals surface area contributed by atoms with Crippen molar-refractivity contribution >= 4 is 18.9 Å². The highest BCUT2D eigenvalue weighted by Gasteiger charge is 2.17. The fraction of sp³-hybridized carbons (Fsp3) is 0. The van der Waals surface area contributed by atoms with Gasteiger partial charge in [-0.2, -0.15) is 0 Å². The molecule has 0 aromatic heterocycles. The van der Waals surface area contributed by atoms with Gasteiger partial charge in [-0.3, -0.25) is 4.79 Å². The highest BCUT2D eigenvalue weighted by atomic mass is 19.1. The molecular formula is C13H10BFO3. The van der Waals surface area contributed by atoms with Gasteiger partial charge in [-0.25, -0.2) is 4.39 Å². The Kier molecular flexibility index (Phi) is 3.55. The molecular weight excluding hydrogens is 234 g/mol. The van der Waals surface area contributed by atoms with Crippen molar-refractivity contribution in [2.24, 2.45) is 0 Å². The van der Waals surface area contributed by atoms with Gasteiger partial charge in [0.1, 0.15) is 12.1 Å². The first-order valence-electron chi connectivity index (χ1n) is 5.33. The predicted octanol–water partition coefficient (Wildman–Crippen LogP) is 0.985. The lowest BCUT2D eigenvalue weighted by Crippen LogP contribution is -2.31. The summed E-state index contributed by atoms with van der Waals surface area (Å²) in [6, 6.07) is 10.2. The fourth-order valence-corrected chi connectivity index (χ4v) is 1.78. The van der Waals surface area contributed by atoms with Crippen LogP contribution < -0.4 is 5.46 Å². The number of halogens is 1. The third-order valence-electron chi connectivity index (χ3n) is 2.63. The van der Waals surface area contributed by atoms with Crippen LogP contribution >= 0.6 is 0 Å². The molecule has 2 aromatic rings. The summed E-state index contributed by atoms with van der Waals surface area (Å²) in [6.07, 6.45) is 0.678. The monoisotopic (exact) mass is 244 g/mol. The van der Waals surface area contributed by atoms with Gasteiger partial charge in [-0.1, -0.05) is 24.3 Å². The molecule has 2 aromatic carbocycles. The van der Waals surface area contributed by atoms with Crippen molar-refractivity contribution in [3.63, 3.8) is 0 Å². The Balaban J connectivity index is 2.61. The lowest BCUT2D eigenvalue weighted by molar-refractivity contribution is 0.112. The number of rotatable bonds is 3. The second-order valence-electron chi connectivity index (χ2n) is 3.85. The molecule has 2 N–H and O–H groups in total. The molecule has 0 atom stereocenters. The molecule has 90 valence electrons. The van der Waals surface area contributed by atoms with Crippen LogP contribution in [0.15, 0.2) is 42.5 Å². The number of benzene rings is 2. The molecule has 2 rings (SSSR count). The zero-order valence-electron chi connectivity index (χ0n) is 9.38. The minimum atomic E-state index is -1.69. The summed E-state index contributed by atoms with van der Waals surface area (Å²) in [5.74, 6) is -0.481. The number of carbonyl (C=O) groups excluding carboxylic acids is 1. The Morgan fingerprint density at radius 2 is 1.89 bits per heavy atom. The van der Waals surface area contributed by atoms with Crippen LogP contribution in [-0.2, 0) is 0 Å². The van der Waals surface area contributed by atoms with E-state index < -0.39 is 12.9 Å². The topological polar surface area (TPSA) is 57.5 Å². The maximum Gasteiger partial charge on any atom is 0.489 e. The van der Waals surface area contributed by atoms with E-state index >= 15 is 0 Å². The minimum absolute atomic E-state index is 0.194. The van der Waals surface area contributed by atoms with Gasteiger partial charge >= 0.3 is 7.12 Å². The van der Waals surface area contributed by atoms with Gasteiger partial charge in [0, 0.05) is 5.56 Å². The summed E-state index contributed by atoms with van der Waals surface area (Å²) in [7, 11) is -1.69. The molecule has 0 saturated heterocycles. The molecule has 0 spiro atoms. The van der Waals surface area contributed by atoms with Gasteiger partial charge < -0.3 is 10.0 Å². The van der Waals surface area contributed by atoms with Gasteiger partial charge in [0.15, 0.2) is 0 Å². The van der Waals surface area contributed by atoms with Crippen molar-refractivity contribution in [2.45, 2.75) is 0 Å². The molecule has 0 saturated carbocycles. The molecule has 0 aliphatic heterocycles. The molecule has 0 unspecified atom stereocenters. The first-order valence-corrected chi connectivity index (χ1v) is 5.33. The van der Waals surface area contributed by atoms with E-state index in [-0.39, 0.29) is 5.46 Å². The summed E-state index contributed by atoms with van der Waals surface area (Å²) >= 11 is 0. The Labute approximate surface area is 104 Å². The molecule has 0 bridgehead atoms. The van der Waals surface area contributed by atoms with Crippen molar-refractivity contribution in [3.8, 4) is 11.1 Å². The van der Waals surface area contributed by atoms with Gasteiger partial charge in [0.05, 0.1) is 0 Å². The minimum Gasteiger partial charge on any atom is -0.423 e. The van der Waals surface area contributed by atoms with E-state index in [1.165, 1.54) is 12.1 Å². The first kappa shape index (κ1) is 12.5. The molecule has 18 heavy (non-hydrogen) atoms. The van der Waals surface area contributed by atoms with Crippen molar-refractivity contribution in [3.05, 3.63) is 53.8 Å². The molecule has 0 amide bonds. The smallest absolute Gasteiger partial charge is 0.423 e. The number of hydrogen-bond donors (Lipinski definition) is 2. The highest BCUT2D eigenvalue weighted by Crippen LogP contribution is 2.19. The average Bonchev–Trinajstić information content (AvgIpc) is 2.38. The van der Waals surface area contributed by atoms with E-state index in [9.17, 15) is 19.2 Å². The summed E-state index contributed by atoms with van der Waals surface area (Å²) in [6.45, 7) is 0. The standard InChI is InChI=1S/C13H10BFO3/c15-11-4-5-13(14(17)18)12(7-11)10-3-1-2-9(6-10)8-16/h1-8,17-18H. The van der Waals surface area contributed by atoms with Crippen molar-refractivity contribution in [1.82, 2.24) is 0 Å². The number of hydrogen-bond acceptors (Lipinski definition) is 3. The van der Waals surface area contributed by atoms with Crippen molar-refractivity contribution in [1.29, 1.82) is 0 Å². The fourth-order valence-electron chi connectivity index (χ4n) is 1.78. The third-order valence-corrected chi connectivity index (χ3v) is 2.63. The van der Waals surface area contributed by atoms with E-state index in [1.54, 1.807) is 24.3 Å². The van der Waals surface area contributed by atoms with Crippen LogP contribution in [0.3, 0.4) is 0 Å². The highest BCUT2D eigenvalue weighted by molar-refractivity contribution is 6.60. The third kappa shape index (κ3) is 2.47. The average molecular weight is 244 g/mol. The Hall–Kier alpha value is -1.98. The Morgan fingerprint density at radius 1 is 1.11 bits per heavy atom. The summed E-state index contributed by atoms with van der Waals surface area (Å²) in [5.41, 5.74) is 1.55. The van der Waals surface area contributed by atoms with E-state index in [4.69, 9.17) is 0 Å². The Bertz CT molecular complexity index is 584. The molecule has 3 nitrogen and oxygen atoms in total. The molecule has 0 aliphatic rings. The quantitative estimate of drug-likeness (QED) is 0.625. The normalized spacial score (nSPS) is 10.2. The van der Waals surface area contributed by atoms with Gasteiger partial charge in [-0.05, 0) is 34.8 Å². The second-order valence-corrected chi connectivity index (χ2v) is 3.85. The largest absolute Gasteiger partial charge is 0.489 e. The number of carbonyl (C=O) groups is 1. The van der Waals surface area contributed by atoms with Crippen LogP contribution in [0.2, 0.25) is 0 Å². The van der Waals surface area contributed by atoms with E-state index in [0.717, 1.165) is 6.07 Å². The molecule has 0 radical (unpaired) electrons. The van der Waals surface area contributed by atoms with Crippen LogP contribution in [0.5, 0.6) is 0 Å². The van der Waals surface area contributed by atoms with Gasteiger partial charge in [0.2, 0.25) is 0 Å². The van der Waals surface area contributed by atoms with Crippen molar-refractivity contribution < 1.29 is 19.2 Å². The van der Waals surface area contributed by atoms with Crippen molar-refractivity contribution in [2.75, 3.05) is 0 Å². The second kappa shape index (κ2) is 5.12. The van der Waals surface area contributed by atoms with Crippen LogP contribution in [0.4, 0.5) is 4.39 Å². The zero-order chi connectivity index (χ0) is 13.1. The maximum absolute atomic E-state index is 13.2. The molecule has 0 aliphatic carbocycles. The van der Waals surface area contributed by atoms with E-state index in [2.05, 4.69) is 0 Å². The first-order chi connectivity index (χ1) is 8.61. The molecule has 0 fully saturated rings. The van der Waals surface area contributed by atoms with Crippen LogP contribution in [0.25, 0.3) is 11.1 Å². The zero-order valence-corrected chi connectivity index (χ0v) is 9.38. The predicted molar refractivity (Wildman–Crippen MR) is 67.0 cm³/mol. The lowest BCUT2D eigenvalue weighted by atomic mass is 9.75. The van der Waals surface area contributed by atoms with Crippen LogP contribution in [0, 0.1) is 5.82 Å². The van der Waals surface area contributed by atoms with E-state index in [0.29, 0.717) is 23.0 Å². The van der Waals surface area contributed by atoms with Crippen LogP contribution in [-0.4, -0.2) is 23.5 Å². The lowest BCUT2D eigenvalue weighted by Gasteiger charge is -2.09. The SMILES string of the molecule is O=Cc1cccc(-c2cc(F)ccc2B(O)O)c1. The van der Waals surface area contributed by atoms with Crippen LogP contribution in [0.1, 0.15) is 10.4 Å². The van der Waals surface area contributed by atoms with Gasteiger partial charge in [0.25, 0.3) is 0 Å². The number of aldehydes is 1. The summed E-state index contributed by atoms with van der Waals surface area (Å²) in [4.78, 5) is 10.7. The molecule has 5 heteroatoms. The maximum atomic E-state index is 13.2. The summed E-state index contributed by atoms with van der Waals surface area (Å²) < 4.78 is 13.2.